The van der Waals surface area contributed by atoms with Crippen molar-refractivity contribution in [2.75, 3.05) is 0 Å². The SMILES string of the molecule is CC1(C)c2ccccc2-c2cc(-c3ccc4c(c3)nc3oc(=O)c5ccccc5n34)ccc21. The second-order valence-corrected chi connectivity index (χ2v) is 9.27. The summed E-state index contributed by atoms with van der Waals surface area (Å²) in [5, 5.41) is 0.549. The first-order valence-corrected chi connectivity index (χ1v) is 11.1. The van der Waals surface area contributed by atoms with Gasteiger partial charge in [-0.1, -0.05) is 68.4 Å². The quantitative estimate of drug-likeness (QED) is 0.298. The first-order chi connectivity index (χ1) is 16.0. The molecule has 1 aliphatic rings. The zero-order valence-electron chi connectivity index (χ0n) is 18.3. The van der Waals surface area contributed by atoms with E-state index >= 15 is 0 Å². The molecule has 0 aliphatic heterocycles. The maximum atomic E-state index is 12.4. The molecule has 6 aromatic rings. The van der Waals surface area contributed by atoms with E-state index in [1.54, 1.807) is 6.07 Å². The molecule has 0 fully saturated rings. The highest BCUT2D eigenvalue weighted by Crippen LogP contribution is 2.49. The smallest absolute Gasteiger partial charge is 0.348 e. The van der Waals surface area contributed by atoms with Gasteiger partial charge >= 0.3 is 11.5 Å². The fourth-order valence-corrected chi connectivity index (χ4v) is 5.42. The third-order valence-electron chi connectivity index (χ3n) is 7.09. The second kappa shape index (κ2) is 6.20. The lowest BCUT2D eigenvalue weighted by Crippen LogP contribution is -2.14. The fourth-order valence-electron chi connectivity index (χ4n) is 5.42. The molecule has 0 spiro atoms. The molecule has 0 bridgehead atoms. The van der Waals surface area contributed by atoms with Crippen molar-refractivity contribution in [3.63, 3.8) is 0 Å². The van der Waals surface area contributed by atoms with Crippen LogP contribution in [-0.2, 0) is 5.41 Å². The molecule has 0 radical (unpaired) electrons. The standard InChI is InChI=1S/C29H20N2O2/c1-29(2)22-9-5-3-7-19(22)21-15-17(11-13-23(21)29)18-12-14-26-24(16-18)30-28-31(26)25-10-6-4-8-20(25)27(32)33-28/h3-16H,1-2H3. The highest BCUT2D eigenvalue weighted by Gasteiger charge is 2.35. The van der Waals surface area contributed by atoms with Crippen LogP contribution >= 0.6 is 0 Å². The molecule has 0 saturated heterocycles. The lowest BCUT2D eigenvalue weighted by atomic mass is 9.82. The molecule has 0 atom stereocenters. The van der Waals surface area contributed by atoms with Crippen molar-refractivity contribution in [1.29, 1.82) is 0 Å². The van der Waals surface area contributed by atoms with Gasteiger partial charge < -0.3 is 4.42 Å². The van der Waals surface area contributed by atoms with Crippen LogP contribution in [0.1, 0.15) is 25.0 Å². The highest BCUT2D eigenvalue weighted by atomic mass is 16.4. The summed E-state index contributed by atoms with van der Waals surface area (Å²) < 4.78 is 7.44. The maximum Gasteiger partial charge on any atom is 0.348 e. The molecule has 2 aromatic heterocycles. The molecule has 4 aromatic carbocycles. The van der Waals surface area contributed by atoms with Crippen LogP contribution in [0.2, 0.25) is 0 Å². The number of rotatable bonds is 1. The van der Waals surface area contributed by atoms with Gasteiger partial charge in [-0.3, -0.25) is 4.40 Å². The average Bonchev–Trinajstić information content (AvgIpc) is 3.31. The predicted octanol–water partition coefficient (Wildman–Crippen LogP) is 6.57. The summed E-state index contributed by atoms with van der Waals surface area (Å²) >= 11 is 0. The predicted molar refractivity (Wildman–Crippen MR) is 132 cm³/mol. The van der Waals surface area contributed by atoms with Crippen molar-refractivity contribution in [3.05, 3.63) is 106 Å². The molecule has 0 unspecified atom stereocenters. The van der Waals surface area contributed by atoms with Crippen molar-refractivity contribution in [1.82, 2.24) is 9.38 Å². The Morgan fingerprint density at radius 1 is 0.758 bits per heavy atom. The average molecular weight is 428 g/mol. The summed E-state index contributed by atoms with van der Waals surface area (Å²) in [6.45, 7) is 4.58. The van der Waals surface area contributed by atoms with Crippen molar-refractivity contribution >= 4 is 27.8 Å². The Bertz CT molecular complexity index is 1820. The number of benzene rings is 4. The zero-order valence-corrected chi connectivity index (χ0v) is 18.3. The summed E-state index contributed by atoms with van der Waals surface area (Å²) in [4.78, 5) is 17.0. The van der Waals surface area contributed by atoms with E-state index in [1.807, 2.05) is 22.6 Å². The van der Waals surface area contributed by atoms with Gasteiger partial charge in [-0.15, -0.1) is 0 Å². The Hall–Kier alpha value is -4.18. The van der Waals surface area contributed by atoms with Crippen molar-refractivity contribution in [2.45, 2.75) is 19.3 Å². The monoisotopic (exact) mass is 428 g/mol. The van der Waals surface area contributed by atoms with E-state index in [1.165, 1.54) is 22.3 Å². The first kappa shape index (κ1) is 18.4. The molecule has 7 rings (SSSR count). The van der Waals surface area contributed by atoms with Gasteiger partial charge in [0.25, 0.3) is 0 Å². The third kappa shape index (κ3) is 2.40. The molecule has 0 saturated carbocycles. The molecular formula is C29H20N2O2. The number of nitrogens with zero attached hydrogens (tertiary/aromatic N) is 2. The minimum atomic E-state index is -0.367. The molecule has 0 N–H and O–H groups in total. The number of aromatic nitrogens is 2. The molecule has 1 aliphatic carbocycles. The van der Waals surface area contributed by atoms with Crippen molar-refractivity contribution in [3.8, 4) is 22.3 Å². The Morgan fingerprint density at radius 2 is 1.48 bits per heavy atom. The minimum Gasteiger partial charge on any atom is -0.388 e. The molecule has 4 nitrogen and oxygen atoms in total. The van der Waals surface area contributed by atoms with Crippen LogP contribution in [0.4, 0.5) is 0 Å². The molecule has 158 valence electrons. The fraction of sp³-hybridized carbons (Fsp3) is 0.103. The summed E-state index contributed by atoms with van der Waals surface area (Å²) in [7, 11) is 0. The number of para-hydroxylation sites is 1. The lowest BCUT2D eigenvalue weighted by Gasteiger charge is -2.21. The lowest BCUT2D eigenvalue weighted by molar-refractivity contribution is 0.539. The summed E-state index contributed by atoms with van der Waals surface area (Å²) in [6, 6.07) is 29.1. The van der Waals surface area contributed by atoms with Crippen LogP contribution in [0.5, 0.6) is 0 Å². The van der Waals surface area contributed by atoms with Gasteiger partial charge in [-0.05, 0) is 63.7 Å². The number of hydrogen-bond donors (Lipinski definition) is 0. The van der Waals surface area contributed by atoms with Crippen molar-refractivity contribution < 1.29 is 4.42 Å². The molecule has 0 amide bonds. The largest absolute Gasteiger partial charge is 0.388 e. The number of imidazole rings is 1. The normalized spacial score (nSPS) is 14.1. The van der Waals surface area contributed by atoms with Crippen LogP contribution in [0.15, 0.2) is 94.1 Å². The van der Waals surface area contributed by atoms with E-state index in [-0.39, 0.29) is 11.0 Å². The summed E-state index contributed by atoms with van der Waals surface area (Å²) in [6.07, 6.45) is 0. The Balaban J connectivity index is 1.44. The maximum absolute atomic E-state index is 12.4. The zero-order chi connectivity index (χ0) is 22.3. The van der Waals surface area contributed by atoms with Crippen LogP contribution in [0.25, 0.3) is 50.0 Å². The van der Waals surface area contributed by atoms with E-state index in [9.17, 15) is 4.79 Å². The van der Waals surface area contributed by atoms with Gasteiger partial charge in [0.1, 0.15) is 0 Å². The Labute approximate surface area is 189 Å². The van der Waals surface area contributed by atoms with E-state index < -0.39 is 0 Å². The number of hydrogen-bond acceptors (Lipinski definition) is 3. The van der Waals surface area contributed by atoms with Crippen molar-refractivity contribution in [2.24, 2.45) is 0 Å². The first-order valence-electron chi connectivity index (χ1n) is 11.1. The van der Waals surface area contributed by atoms with Crippen LogP contribution < -0.4 is 5.63 Å². The van der Waals surface area contributed by atoms with Crippen LogP contribution in [0.3, 0.4) is 0 Å². The third-order valence-corrected chi connectivity index (χ3v) is 7.09. The summed E-state index contributed by atoms with van der Waals surface area (Å²) in [5.74, 6) is 0.315. The van der Waals surface area contributed by atoms with Gasteiger partial charge in [0, 0.05) is 5.41 Å². The summed E-state index contributed by atoms with van der Waals surface area (Å²) in [5.41, 5.74) is 9.70. The molecule has 4 heteroatoms. The van der Waals surface area contributed by atoms with Gasteiger partial charge in [-0.25, -0.2) is 4.79 Å². The van der Waals surface area contributed by atoms with Crippen LogP contribution in [0, 0.1) is 0 Å². The highest BCUT2D eigenvalue weighted by molar-refractivity contribution is 5.91. The van der Waals surface area contributed by atoms with Gasteiger partial charge in [0.15, 0.2) is 0 Å². The molecule has 2 heterocycles. The Morgan fingerprint density at radius 3 is 2.39 bits per heavy atom. The topological polar surface area (TPSA) is 47.5 Å². The molecule has 33 heavy (non-hydrogen) atoms. The van der Waals surface area contributed by atoms with E-state index in [0.29, 0.717) is 11.2 Å². The number of fused-ring (bicyclic) bond motifs is 8. The minimum absolute atomic E-state index is 0.00535. The van der Waals surface area contributed by atoms with Gasteiger partial charge in [-0.2, -0.15) is 4.98 Å². The van der Waals surface area contributed by atoms with E-state index in [2.05, 4.69) is 79.5 Å². The van der Waals surface area contributed by atoms with E-state index in [0.717, 1.165) is 27.7 Å². The second-order valence-electron chi connectivity index (χ2n) is 9.27. The van der Waals surface area contributed by atoms with E-state index in [4.69, 9.17) is 4.42 Å². The van der Waals surface area contributed by atoms with Gasteiger partial charge in [0.05, 0.1) is 21.9 Å². The Kier molecular flexibility index (Phi) is 3.46. The van der Waals surface area contributed by atoms with Crippen LogP contribution in [-0.4, -0.2) is 9.38 Å². The molecular weight excluding hydrogens is 408 g/mol. The van der Waals surface area contributed by atoms with Gasteiger partial charge in [0.2, 0.25) is 0 Å².